The lowest BCUT2D eigenvalue weighted by Crippen LogP contribution is -2.64. The van der Waals surface area contributed by atoms with E-state index in [0.717, 1.165) is 22.8 Å². The van der Waals surface area contributed by atoms with Crippen LogP contribution >= 0.6 is 0 Å². The summed E-state index contributed by atoms with van der Waals surface area (Å²) < 4.78 is 43.2. The number of anilines is 2. The molecule has 3 N–H and O–H groups in total. The minimum atomic E-state index is -4.43. The molecule has 4 amide bonds. The number of amides is 4. The Balaban J connectivity index is 0.000000283. The van der Waals surface area contributed by atoms with Gasteiger partial charge >= 0.3 is 18.2 Å². The van der Waals surface area contributed by atoms with Crippen LogP contribution in [-0.2, 0) is 25.4 Å². The molecule has 2 aliphatic heterocycles. The number of carboxylic acid groups (broad SMARTS) is 1. The zero-order valence-corrected chi connectivity index (χ0v) is 29.3. The third-order valence-corrected chi connectivity index (χ3v) is 7.82. The lowest BCUT2D eigenvalue weighted by molar-refractivity contribution is -0.384. The van der Waals surface area contributed by atoms with Gasteiger partial charge in [0.1, 0.15) is 17.9 Å². The van der Waals surface area contributed by atoms with Crippen molar-refractivity contribution in [2.45, 2.75) is 38.5 Å². The summed E-state index contributed by atoms with van der Waals surface area (Å²) in [6.07, 6.45) is -2.79. The monoisotopic (exact) mass is 746 g/mol. The van der Waals surface area contributed by atoms with E-state index in [1.807, 2.05) is 38.1 Å². The van der Waals surface area contributed by atoms with Gasteiger partial charge in [0, 0.05) is 44.5 Å². The highest BCUT2D eigenvalue weighted by Crippen LogP contribution is 2.39. The smallest absolute Gasteiger partial charge is 0.416 e. The van der Waals surface area contributed by atoms with Crippen LogP contribution in [0.5, 0.6) is 5.75 Å². The number of likely N-dealkylation sites (tertiary alicyclic amines) is 1. The van der Waals surface area contributed by atoms with E-state index >= 15 is 0 Å². The van der Waals surface area contributed by atoms with Crippen molar-refractivity contribution < 1.29 is 52.0 Å². The Labute approximate surface area is 303 Å². The summed E-state index contributed by atoms with van der Waals surface area (Å²) in [7, 11) is 1.40. The summed E-state index contributed by atoms with van der Waals surface area (Å²) in [5, 5.41) is 25.8. The molecule has 2 fully saturated rings. The fraction of sp³-hybridized carbons (Fsp3) is 0.371. The molecule has 53 heavy (non-hydrogen) atoms. The Bertz CT molecular complexity index is 1690. The van der Waals surface area contributed by atoms with Gasteiger partial charge in [0.15, 0.2) is 6.61 Å². The molecule has 0 aromatic heterocycles. The highest BCUT2D eigenvalue weighted by atomic mass is 19.4. The number of nitro benzene ring substituents is 1. The number of nitrogens with zero attached hydrogens (tertiary/aromatic N) is 4. The predicted octanol–water partition coefficient (Wildman–Crippen LogP) is 5.10. The topological polar surface area (TPSA) is 184 Å². The number of carboxylic acids is 1. The number of nitrogens with one attached hydrogen (secondary N) is 2. The highest BCUT2D eigenvalue weighted by molar-refractivity contribution is 5.89. The first kappa shape index (κ1) is 41.5. The summed E-state index contributed by atoms with van der Waals surface area (Å²) in [6.45, 7) is 5.78. The first-order valence-electron chi connectivity index (χ1n) is 16.3. The van der Waals surface area contributed by atoms with Gasteiger partial charge in [0.25, 0.3) is 11.6 Å². The molecule has 0 unspecified atom stereocenters. The van der Waals surface area contributed by atoms with Gasteiger partial charge in [-0.3, -0.25) is 34.4 Å². The van der Waals surface area contributed by atoms with Crippen molar-refractivity contribution in [3.63, 3.8) is 0 Å². The largest absolute Gasteiger partial charge is 0.484 e. The van der Waals surface area contributed by atoms with E-state index < -0.39 is 28.2 Å². The quantitative estimate of drug-likeness (QED) is 0.143. The van der Waals surface area contributed by atoms with Crippen LogP contribution in [0.15, 0.2) is 72.8 Å². The normalized spacial score (nSPS) is 14.2. The molecule has 0 atom stereocenters. The van der Waals surface area contributed by atoms with Crippen molar-refractivity contribution in [3.8, 4) is 5.75 Å². The number of aryl methyl sites for hydroxylation is 1. The number of benzene rings is 3. The van der Waals surface area contributed by atoms with E-state index in [-0.39, 0.29) is 36.5 Å². The molecule has 3 aromatic carbocycles. The van der Waals surface area contributed by atoms with Crippen LogP contribution in [0.3, 0.4) is 0 Å². The number of hydrogen-bond donors (Lipinski definition) is 3. The van der Waals surface area contributed by atoms with Crippen molar-refractivity contribution in [1.82, 2.24) is 15.1 Å². The highest BCUT2D eigenvalue weighted by Gasteiger charge is 2.48. The Kier molecular flexibility index (Phi) is 14.9. The van der Waals surface area contributed by atoms with Crippen LogP contribution in [0, 0.1) is 17.0 Å². The van der Waals surface area contributed by atoms with Gasteiger partial charge in [-0.25, -0.2) is 4.79 Å². The molecule has 2 heterocycles. The van der Waals surface area contributed by atoms with Gasteiger partial charge in [-0.15, -0.1) is 0 Å². The lowest BCUT2D eigenvalue weighted by Gasteiger charge is -2.53. The van der Waals surface area contributed by atoms with Gasteiger partial charge in [-0.2, -0.15) is 13.2 Å². The number of carbonyl (C=O) groups is 4. The maximum Gasteiger partial charge on any atom is 0.416 e. The van der Waals surface area contributed by atoms with Crippen molar-refractivity contribution in [2.24, 2.45) is 0 Å². The average Bonchev–Trinajstić information content (AvgIpc) is 3.10. The molecule has 1 spiro atoms. The number of hydrogen-bond acceptors (Lipinski definition) is 9. The fourth-order valence-electron chi connectivity index (χ4n) is 4.99. The molecular formula is C35H41F3N6O9. The fourth-order valence-corrected chi connectivity index (χ4v) is 4.99. The molecule has 15 nitrogen and oxygen atoms in total. The molecule has 2 aliphatic rings. The molecule has 5 rings (SSSR count). The Morgan fingerprint density at radius 3 is 2.21 bits per heavy atom. The molecule has 18 heteroatoms. The second-order valence-corrected chi connectivity index (χ2v) is 12.0. The van der Waals surface area contributed by atoms with E-state index in [1.54, 1.807) is 22.1 Å². The number of alkyl halides is 3. The van der Waals surface area contributed by atoms with Gasteiger partial charge < -0.3 is 30.3 Å². The maximum absolute atomic E-state index is 12.6. The molecule has 0 bridgehead atoms. The number of piperidine rings is 1. The number of non-ortho nitro benzene ring substituents is 1. The first-order chi connectivity index (χ1) is 25.0. The third kappa shape index (κ3) is 13.3. The Hall–Kier alpha value is -5.91. The average molecular weight is 747 g/mol. The number of hydroxylamine groups is 1. The third-order valence-electron chi connectivity index (χ3n) is 7.82. The summed E-state index contributed by atoms with van der Waals surface area (Å²) in [6, 6.07) is 17.7. The molecule has 2 saturated heterocycles. The van der Waals surface area contributed by atoms with E-state index in [4.69, 9.17) is 14.7 Å². The zero-order valence-electron chi connectivity index (χ0n) is 29.3. The summed E-state index contributed by atoms with van der Waals surface area (Å²) in [5.41, 5.74) is 0.848. The maximum atomic E-state index is 12.6. The first-order valence-corrected chi connectivity index (χ1v) is 16.3. The second kappa shape index (κ2) is 19.1. The van der Waals surface area contributed by atoms with Crippen LogP contribution in [0.25, 0.3) is 0 Å². The van der Waals surface area contributed by atoms with E-state index in [9.17, 15) is 42.5 Å². The number of carbonyl (C=O) groups excluding carboxylic acids is 3. The van der Waals surface area contributed by atoms with Gasteiger partial charge in [-0.05, 0) is 69.2 Å². The van der Waals surface area contributed by atoms with Gasteiger partial charge in [0.2, 0.25) is 6.41 Å². The number of ether oxygens (including phenoxy) is 1. The van der Waals surface area contributed by atoms with Crippen molar-refractivity contribution >= 4 is 41.4 Å². The number of halogens is 3. The van der Waals surface area contributed by atoms with E-state index in [2.05, 4.69) is 10.6 Å². The molecule has 0 radical (unpaired) electrons. The summed E-state index contributed by atoms with van der Waals surface area (Å²) in [4.78, 5) is 62.0. The van der Waals surface area contributed by atoms with Gasteiger partial charge in [0.05, 0.1) is 22.7 Å². The van der Waals surface area contributed by atoms with Gasteiger partial charge in [-0.1, -0.05) is 23.8 Å². The van der Waals surface area contributed by atoms with Crippen molar-refractivity contribution in [2.75, 3.05) is 56.8 Å². The van der Waals surface area contributed by atoms with Crippen molar-refractivity contribution in [3.05, 3.63) is 94.0 Å². The lowest BCUT2D eigenvalue weighted by atomic mass is 9.89. The molecule has 286 valence electrons. The SMILES string of the molecule is CCNC(=O)COc1ccc(C)cc1.CN(C=O)CC(=O)O.O=C(Nc1ccc(C(F)(F)F)cc1)N1CCC2(CC1)CN(c1cccc([N+](=O)[O-])c1)O2. The van der Waals surface area contributed by atoms with E-state index in [0.29, 0.717) is 51.1 Å². The van der Waals surface area contributed by atoms with Crippen LogP contribution < -0.4 is 20.4 Å². The number of urea groups is 1. The second-order valence-electron chi connectivity index (χ2n) is 12.0. The summed E-state index contributed by atoms with van der Waals surface area (Å²) >= 11 is 0. The minimum Gasteiger partial charge on any atom is -0.484 e. The number of nitro groups is 1. The van der Waals surface area contributed by atoms with Crippen LogP contribution in [0.4, 0.5) is 35.0 Å². The molecule has 0 saturated carbocycles. The Morgan fingerprint density at radius 2 is 1.70 bits per heavy atom. The molecule has 0 aliphatic carbocycles. The molecular weight excluding hydrogens is 705 g/mol. The zero-order chi connectivity index (χ0) is 39.2. The molecule has 3 aromatic rings. The standard InChI is InChI=1S/C20H19F3N4O4.C11H15NO2.C4H7NO3/c21-20(22,23)14-4-6-15(7-5-14)24-18(28)25-10-8-19(9-11-25)13-26(31-19)16-2-1-3-17(12-16)27(29)30;1-3-12-11(13)8-14-10-6-4-9(2)5-7-10;1-5(3-6)2-4(7)8/h1-7,12H,8-11,13H2,(H,24,28);4-7H,3,8H2,1-2H3,(H,12,13);3H,2H2,1H3,(H,7,8). The number of rotatable bonds is 10. The predicted molar refractivity (Wildman–Crippen MR) is 187 cm³/mol. The van der Waals surface area contributed by atoms with E-state index in [1.165, 1.54) is 36.9 Å². The Morgan fingerprint density at radius 1 is 1.08 bits per heavy atom. The minimum absolute atomic E-state index is 0.0168. The van der Waals surface area contributed by atoms with Crippen molar-refractivity contribution in [1.29, 1.82) is 0 Å². The van der Waals surface area contributed by atoms with Crippen LogP contribution in [0.2, 0.25) is 0 Å². The number of aliphatic carboxylic acids is 1. The summed E-state index contributed by atoms with van der Waals surface area (Å²) in [5.74, 6) is -0.366. The van der Waals surface area contributed by atoms with Crippen LogP contribution in [0.1, 0.15) is 30.9 Å². The van der Waals surface area contributed by atoms with Crippen LogP contribution in [-0.4, -0.2) is 96.1 Å². The number of likely N-dealkylation sites (N-methyl/N-ethyl adjacent to an activating group) is 2.